The monoisotopic (exact) mass is 261 g/mol. The molecule has 19 heavy (non-hydrogen) atoms. The summed E-state index contributed by atoms with van der Waals surface area (Å²) < 4.78 is 0. The normalized spacial score (nSPS) is 19.7. The molecule has 0 heterocycles. The first-order chi connectivity index (χ1) is 9.13. The zero-order valence-electron chi connectivity index (χ0n) is 11.5. The molecular weight excluding hydrogens is 238 g/mol. The van der Waals surface area contributed by atoms with Crippen molar-refractivity contribution in [3.8, 4) is 0 Å². The van der Waals surface area contributed by atoms with Crippen LogP contribution in [-0.2, 0) is 0 Å². The highest BCUT2D eigenvalue weighted by Crippen LogP contribution is 2.40. The van der Waals surface area contributed by atoms with Crippen LogP contribution in [0, 0.1) is 5.41 Å². The van der Waals surface area contributed by atoms with Gasteiger partial charge in [0.1, 0.15) is 5.84 Å². The number of hydrogen-bond donors (Lipinski definition) is 3. The molecule has 4 N–H and O–H groups in total. The topological polar surface area (TPSA) is 70.6 Å². The lowest BCUT2D eigenvalue weighted by Gasteiger charge is -2.39. The number of rotatable bonds is 6. The van der Waals surface area contributed by atoms with Gasteiger partial charge in [-0.1, -0.05) is 48.8 Å². The summed E-state index contributed by atoms with van der Waals surface area (Å²) in [4.78, 5) is 0. The maximum atomic E-state index is 8.75. The molecule has 4 nitrogen and oxygen atoms in total. The number of oxime groups is 1. The van der Waals surface area contributed by atoms with Crippen molar-refractivity contribution in [1.29, 1.82) is 0 Å². The van der Waals surface area contributed by atoms with Gasteiger partial charge in [0, 0.05) is 19.0 Å². The molecule has 4 heteroatoms. The van der Waals surface area contributed by atoms with Crippen LogP contribution in [0.25, 0.3) is 0 Å². The highest BCUT2D eigenvalue weighted by molar-refractivity contribution is 5.80. The molecule has 1 saturated carbocycles. The average molecular weight is 261 g/mol. The molecule has 0 spiro atoms. The summed E-state index contributed by atoms with van der Waals surface area (Å²) in [5.41, 5.74) is 7.25. The van der Waals surface area contributed by atoms with Crippen molar-refractivity contribution in [3.05, 3.63) is 35.9 Å². The molecule has 0 aliphatic heterocycles. The van der Waals surface area contributed by atoms with Crippen molar-refractivity contribution in [1.82, 2.24) is 5.32 Å². The molecule has 1 aromatic rings. The minimum Gasteiger partial charge on any atom is -0.409 e. The third kappa shape index (κ3) is 3.70. The highest BCUT2D eigenvalue weighted by atomic mass is 16.4. The van der Waals surface area contributed by atoms with Crippen LogP contribution >= 0.6 is 0 Å². The Bertz CT molecular complexity index is 426. The number of benzene rings is 1. The van der Waals surface area contributed by atoms with Gasteiger partial charge in [-0.2, -0.15) is 0 Å². The first-order valence-corrected chi connectivity index (χ1v) is 6.88. The fourth-order valence-electron chi connectivity index (χ4n) is 2.57. The fraction of sp³-hybridized carbons (Fsp3) is 0.533. The van der Waals surface area contributed by atoms with Crippen LogP contribution in [0.15, 0.2) is 35.5 Å². The molecule has 1 fully saturated rings. The van der Waals surface area contributed by atoms with E-state index >= 15 is 0 Å². The Balaban J connectivity index is 2.01. The maximum absolute atomic E-state index is 8.75. The van der Waals surface area contributed by atoms with E-state index in [1.807, 2.05) is 18.2 Å². The van der Waals surface area contributed by atoms with E-state index < -0.39 is 0 Å². The summed E-state index contributed by atoms with van der Waals surface area (Å²) in [7, 11) is 0. The summed E-state index contributed by atoms with van der Waals surface area (Å²) in [5.74, 6) is 0.264. The van der Waals surface area contributed by atoms with Crippen molar-refractivity contribution in [2.45, 2.75) is 38.6 Å². The highest BCUT2D eigenvalue weighted by Gasteiger charge is 2.32. The second-order valence-corrected chi connectivity index (χ2v) is 5.80. The van der Waals surface area contributed by atoms with Gasteiger partial charge in [-0.3, -0.25) is 0 Å². The van der Waals surface area contributed by atoms with Crippen molar-refractivity contribution in [2.75, 3.05) is 6.54 Å². The van der Waals surface area contributed by atoms with Crippen molar-refractivity contribution < 1.29 is 5.21 Å². The van der Waals surface area contributed by atoms with Gasteiger partial charge < -0.3 is 16.3 Å². The fourth-order valence-corrected chi connectivity index (χ4v) is 2.57. The van der Waals surface area contributed by atoms with E-state index in [1.54, 1.807) is 0 Å². The van der Waals surface area contributed by atoms with Gasteiger partial charge in [0.2, 0.25) is 0 Å². The predicted molar refractivity (Wildman–Crippen MR) is 77.2 cm³/mol. The van der Waals surface area contributed by atoms with Crippen molar-refractivity contribution in [3.63, 3.8) is 0 Å². The van der Waals surface area contributed by atoms with E-state index in [9.17, 15) is 0 Å². The first kappa shape index (κ1) is 13.9. The Labute approximate surface area is 114 Å². The Morgan fingerprint density at radius 3 is 2.63 bits per heavy atom. The van der Waals surface area contributed by atoms with Gasteiger partial charge in [-0.25, -0.2) is 0 Å². The lowest BCUT2D eigenvalue weighted by atomic mass is 9.70. The van der Waals surface area contributed by atoms with Gasteiger partial charge in [0.25, 0.3) is 0 Å². The van der Waals surface area contributed by atoms with Crippen LogP contribution < -0.4 is 11.1 Å². The van der Waals surface area contributed by atoms with Gasteiger partial charge in [0.05, 0.1) is 0 Å². The van der Waals surface area contributed by atoms with Crippen LogP contribution in [0.1, 0.15) is 44.2 Å². The number of amidine groups is 1. The standard InChI is InChI=1S/C15H23N3O/c1-15(8-5-9-15)11-17-13(10-14(16)18-19)12-6-3-2-4-7-12/h2-4,6-7,13,17,19H,5,8-11H2,1H3,(H2,16,18). The Morgan fingerprint density at radius 2 is 2.11 bits per heavy atom. The van der Waals surface area contributed by atoms with E-state index in [1.165, 1.54) is 24.8 Å². The smallest absolute Gasteiger partial charge is 0.141 e. The number of nitrogens with one attached hydrogen (secondary N) is 1. The largest absolute Gasteiger partial charge is 0.409 e. The molecule has 0 aromatic heterocycles. The zero-order valence-corrected chi connectivity index (χ0v) is 11.5. The van der Waals surface area contributed by atoms with E-state index in [0.717, 1.165) is 6.54 Å². The predicted octanol–water partition coefficient (Wildman–Crippen LogP) is 2.64. The van der Waals surface area contributed by atoms with Crippen LogP contribution in [-0.4, -0.2) is 17.6 Å². The molecule has 104 valence electrons. The third-order valence-electron chi connectivity index (χ3n) is 4.08. The quantitative estimate of drug-likeness (QED) is 0.319. The number of nitrogens with zero attached hydrogens (tertiary/aromatic N) is 1. The molecule has 0 saturated heterocycles. The van der Waals surface area contributed by atoms with Crippen LogP contribution in [0.3, 0.4) is 0 Å². The summed E-state index contributed by atoms with van der Waals surface area (Å²) >= 11 is 0. The maximum Gasteiger partial charge on any atom is 0.141 e. The van der Waals surface area contributed by atoms with Gasteiger partial charge in [-0.05, 0) is 23.8 Å². The average Bonchev–Trinajstić information content (AvgIpc) is 2.42. The Kier molecular flexibility index (Phi) is 4.43. The van der Waals surface area contributed by atoms with Gasteiger partial charge in [-0.15, -0.1) is 0 Å². The van der Waals surface area contributed by atoms with Crippen molar-refractivity contribution in [2.24, 2.45) is 16.3 Å². The van der Waals surface area contributed by atoms with Gasteiger partial charge >= 0.3 is 0 Å². The molecule has 0 bridgehead atoms. The van der Waals surface area contributed by atoms with E-state index in [-0.39, 0.29) is 11.9 Å². The second-order valence-electron chi connectivity index (χ2n) is 5.80. The molecule has 1 unspecified atom stereocenters. The van der Waals surface area contributed by atoms with Crippen LogP contribution in [0.4, 0.5) is 0 Å². The third-order valence-corrected chi connectivity index (χ3v) is 4.08. The molecular formula is C15H23N3O. The molecule has 2 rings (SSSR count). The second kappa shape index (κ2) is 6.06. The van der Waals surface area contributed by atoms with E-state index in [4.69, 9.17) is 10.9 Å². The summed E-state index contributed by atoms with van der Waals surface area (Å²) in [6, 6.07) is 10.3. The molecule has 1 aliphatic rings. The molecule has 1 aromatic carbocycles. The van der Waals surface area contributed by atoms with E-state index in [2.05, 4.69) is 29.5 Å². The van der Waals surface area contributed by atoms with E-state index in [0.29, 0.717) is 11.8 Å². The van der Waals surface area contributed by atoms with Gasteiger partial charge in [0.15, 0.2) is 0 Å². The zero-order chi connectivity index (χ0) is 13.7. The minimum absolute atomic E-state index is 0.106. The summed E-state index contributed by atoms with van der Waals surface area (Å²) in [6.07, 6.45) is 4.42. The number of nitrogens with two attached hydrogens (primary N) is 1. The molecule has 0 radical (unpaired) electrons. The molecule has 1 aliphatic carbocycles. The van der Waals surface area contributed by atoms with Crippen LogP contribution in [0.2, 0.25) is 0 Å². The lowest BCUT2D eigenvalue weighted by Crippen LogP contribution is -2.39. The number of hydrogen-bond acceptors (Lipinski definition) is 3. The minimum atomic E-state index is 0.106. The lowest BCUT2D eigenvalue weighted by molar-refractivity contribution is 0.151. The summed E-state index contributed by atoms with van der Waals surface area (Å²) in [6.45, 7) is 3.29. The first-order valence-electron chi connectivity index (χ1n) is 6.88. The van der Waals surface area contributed by atoms with Crippen molar-refractivity contribution >= 4 is 5.84 Å². The van der Waals surface area contributed by atoms with Crippen LogP contribution in [0.5, 0.6) is 0 Å². The SMILES string of the molecule is CC1(CNC(C/C(N)=N/O)c2ccccc2)CCC1. The molecule has 1 atom stereocenters. The molecule has 0 amide bonds. The Morgan fingerprint density at radius 1 is 1.42 bits per heavy atom. The summed E-state index contributed by atoms with van der Waals surface area (Å²) in [5, 5.41) is 15.4. The Hall–Kier alpha value is -1.55.